The van der Waals surface area contributed by atoms with E-state index in [1.807, 2.05) is 38.3 Å². The molecule has 2 aromatic heterocycles. The molecule has 0 amide bonds. The number of benzene rings is 1. The Morgan fingerprint density at radius 3 is 2.54 bits per heavy atom. The maximum Gasteiger partial charge on any atom is 0.222 e. The fourth-order valence-electron chi connectivity index (χ4n) is 3.07. The molecular weight excluding hydrogens is 395 g/mol. The van der Waals surface area contributed by atoms with Gasteiger partial charge in [-0.1, -0.05) is 29.3 Å². The highest BCUT2D eigenvalue weighted by Gasteiger charge is 2.20. The number of nitriles is 1. The van der Waals surface area contributed by atoms with Crippen molar-refractivity contribution in [3.63, 3.8) is 0 Å². The number of hydrogen-bond acceptors (Lipinski definition) is 4. The molecule has 0 aliphatic rings. The fraction of sp³-hybridized carbons (Fsp3) is 0.238. The van der Waals surface area contributed by atoms with E-state index in [-0.39, 0.29) is 0 Å². The van der Waals surface area contributed by atoms with Crippen molar-refractivity contribution in [2.45, 2.75) is 34.2 Å². The minimum Gasteiger partial charge on any atom is -0.443 e. The normalized spacial score (nSPS) is 11.2. The number of hydrazone groups is 1. The minimum absolute atomic E-state index is 0.420. The summed E-state index contributed by atoms with van der Waals surface area (Å²) >= 11 is 12.3. The molecule has 0 radical (unpaired) electrons. The average Bonchev–Trinajstić information content (AvgIpc) is 3.09. The first-order valence-electron chi connectivity index (χ1n) is 8.73. The Bertz CT molecular complexity index is 1080. The molecule has 0 saturated heterocycles. The second-order valence-electron chi connectivity index (χ2n) is 6.53. The van der Waals surface area contributed by atoms with Gasteiger partial charge in [-0.25, -0.2) is 0 Å². The summed E-state index contributed by atoms with van der Waals surface area (Å²) in [5, 5.41) is 15.0. The van der Waals surface area contributed by atoms with Crippen LogP contribution in [0, 0.1) is 39.0 Å². The smallest absolute Gasteiger partial charge is 0.222 e. The van der Waals surface area contributed by atoms with Crippen LogP contribution in [0.3, 0.4) is 0 Å². The molecule has 0 aliphatic carbocycles. The van der Waals surface area contributed by atoms with Gasteiger partial charge in [0.15, 0.2) is 0 Å². The van der Waals surface area contributed by atoms with Crippen LogP contribution in [0.2, 0.25) is 10.0 Å². The van der Waals surface area contributed by atoms with Crippen LogP contribution in [0.4, 0.5) is 0 Å². The minimum atomic E-state index is 0.420. The molecule has 28 heavy (non-hydrogen) atoms. The van der Waals surface area contributed by atoms with Gasteiger partial charge in [0.05, 0.1) is 12.8 Å². The lowest BCUT2D eigenvalue weighted by molar-refractivity contribution is 0.503. The van der Waals surface area contributed by atoms with E-state index in [0.717, 1.165) is 33.8 Å². The number of rotatable bonds is 5. The third-order valence-electron chi connectivity index (χ3n) is 4.76. The van der Waals surface area contributed by atoms with Crippen molar-refractivity contribution in [1.82, 2.24) is 9.99 Å². The molecule has 5 nitrogen and oxygen atoms in total. The maximum atomic E-state index is 9.51. The van der Waals surface area contributed by atoms with E-state index in [1.54, 1.807) is 24.4 Å². The number of hydrogen-bond donors (Lipinski definition) is 1. The van der Waals surface area contributed by atoms with E-state index < -0.39 is 0 Å². The number of aryl methyl sites for hydroxylation is 2. The number of nitrogens with one attached hydrogen (secondary N) is 1. The summed E-state index contributed by atoms with van der Waals surface area (Å²) in [6.07, 6.45) is 1.73. The van der Waals surface area contributed by atoms with Crippen molar-refractivity contribution in [2.75, 3.05) is 0 Å². The Balaban J connectivity index is 1.84. The maximum absolute atomic E-state index is 9.51. The van der Waals surface area contributed by atoms with Crippen LogP contribution in [0.15, 0.2) is 33.8 Å². The predicted molar refractivity (Wildman–Crippen MR) is 113 cm³/mol. The van der Waals surface area contributed by atoms with E-state index >= 15 is 0 Å². The van der Waals surface area contributed by atoms with Crippen LogP contribution >= 0.6 is 23.2 Å². The summed E-state index contributed by atoms with van der Waals surface area (Å²) in [7, 11) is 0. The summed E-state index contributed by atoms with van der Waals surface area (Å²) in [6.45, 7) is 8.10. The van der Waals surface area contributed by atoms with Gasteiger partial charge in [0, 0.05) is 38.1 Å². The van der Waals surface area contributed by atoms with Crippen molar-refractivity contribution in [3.8, 4) is 12.0 Å². The van der Waals surface area contributed by atoms with E-state index in [9.17, 15) is 5.26 Å². The first-order valence-corrected chi connectivity index (χ1v) is 9.49. The first kappa shape index (κ1) is 20.1. The SMILES string of the molecule is Cc1oc(-n2c(C)cc(/C=N/NCc3c(Cl)cccc3Cl)c2C)c(C#N)c1C. The summed E-state index contributed by atoms with van der Waals surface area (Å²) in [4.78, 5) is 0. The topological polar surface area (TPSA) is 66.2 Å². The van der Waals surface area contributed by atoms with Gasteiger partial charge in [0.2, 0.25) is 5.88 Å². The number of furan rings is 1. The molecule has 1 aromatic carbocycles. The van der Waals surface area contributed by atoms with Gasteiger partial charge in [0.25, 0.3) is 0 Å². The van der Waals surface area contributed by atoms with Gasteiger partial charge in [0.1, 0.15) is 17.4 Å². The lowest BCUT2D eigenvalue weighted by Gasteiger charge is -2.07. The van der Waals surface area contributed by atoms with Crippen molar-refractivity contribution in [2.24, 2.45) is 5.10 Å². The molecule has 144 valence electrons. The molecule has 2 heterocycles. The van der Waals surface area contributed by atoms with Crippen LogP contribution in [-0.2, 0) is 6.54 Å². The Kier molecular flexibility index (Phi) is 5.83. The monoisotopic (exact) mass is 414 g/mol. The van der Waals surface area contributed by atoms with Crippen LogP contribution in [0.5, 0.6) is 0 Å². The molecule has 0 bridgehead atoms. The van der Waals surface area contributed by atoms with Crippen LogP contribution < -0.4 is 5.43 Å². The first-order chi connectivity index (χ1) is 13.3. The largest absolute Gasteiger partial charge is 0.443 e. The van der Waals surface area contributed by atoms with Gasteiger partial charge in [-0.3, -0.25) is 4.57 Å². The van der Waals surface area contributed by atoms with Gasteiger partial charge in [-0.15, -0.1) is 0 Å². The standard InChI is InChI=1S/C21H20Cl2N4O/c1-12-8-16(10-25-26-11-18-19(22)6-5-7-20(18)23)14(3)27(12)21-17(9-24)13(2)15(4)28-21/h5-8,10,26H,11H2,1-4H3/b25-10+. The second kappa shape index (κ2) is 8.14. The van der Waals surface area contributed by atoms with E-state index in [2.05, 4.69) is 16.6 Å². The zero-order valence-electron chi connectivity index (χ0n) is 16.1. The molecule has 3 aromatic rings. The van der Waals surface area contributed by atoms with Gasteiger partial charge in [-0.2, -0.15) is 10.4 Å². The molecule has 0 spiro atoms. The zero-order valence-corrected chi connectivity index (χ0v) is 17.6. The number of halogens is 2. The highest BCUT2D eigenvalue weighted by Crippen LogP contribution is 2.28. The third-order valence-corrected chi connectivity index (χ3v) is 5.47. The Morgan fingerprint density at radius 2 is 1.89 bits per heavy atom. The van der Waals surface area contributed by atoms with E-state index in [1.165, 1.54) is 0 Å². The van der Waals surface area contributed by atoms with E-state index in [0.29, 0.717) is 28.0 Å². The number of aromatic nitrogens is 1. The van der Waals surface area contributed by atoms with Gasteiger partial charge < -0.3 is 9.84 Å². The molecule has 0 fully saturated rings. The molecule has 1 N–H and O–H groups in total. The van der Waals surface area contributed by atoms with Gasteiger partial charge in [-0.05, 0) is 45.9 Å². The number of nitrogens with zero attached hydrogens (tertiary/aromatic N) is 3. The molecule has 0 aliphatic heterocycles. The zero-order chi connectivity index (χ0) is 20.4. The quantitative estimate of drug-likeness (QED) is 0.435. The van der Waals surface area contributed by atoms with Crippen LogP contribution in [-0.4, -0.2) is 10.8 Å². The van der Waals surface area contributed by atoms with Crippen molar-refractivity contribution in [3.05, 3.63) is 73.7 Å². The molecule has 0 saturated carbocycles. The summed E-state index contributed by atoms with van der Waals surface area (Å²) < 4.78 is 7.79. The molecule has 0 unspecified atom stereocenters. The Morgan fingerprint density at radius 1 is 1.21 bits per heavy atom. The predicted octanol–water partition coefficient (Wildman–Crippen LogP) is 5.61. The molecule has 3 rings (SSSR count). The molecule has 0 atom stereocenters. The molecule has 7 heteroatoms. The Hall–Kier alpha value is -2.68. The van der Waals surface area contributed by atoms with Gasteiger partial charge >= 0.3 is 0 Å². The summed E-state index contributed by atoms with van der Waals surface area (Å²) in [6, 6.07) is 9.63. The van der Waals surface area contributed by atoms with Crippen molar-refractivity contribution in [1.29, 1.82) is 5.26 Å². The average molecular weight is 415 g/mol. The molecular formula is C21H20Cl2N4O. The lowest BCUT2D eigenvalue weighted by atomic mass is 10.2. The fourth-order valence-corrected chi connectivity index (χ4v) is 3.60. The summed E-state index contributed by atoms with van der Waals surface area (Å²) in [5.41, 5.74) is 8.00. The van der Waals surface area contributed by atoms with Crippen molar-refractivity contribution < 1.29 is 4.42 Å². The van der Waals surface area contributed by atoms with Crippen molar-refractivity contribution >= 4 is 29.4 Å². The second-order valence-corrected chi connectivity index (χ2v) is 7.34. The highest BCUT2D eigenvalue weighted by atomic mass is 35.5. The summed E-state index contributed by atoms with van der Waals surface area (Å²) in [5.74, 6) is 1.29. The lowest BCUT2D eigenvalue weighted by Crippen LogP contribution is -2.07. The van der Waals surface area contributed by atoms with Crippen LogP contribution in [0.25, 0.3) is 5.88 Å². The van der Waals surface area contributed by atoms with E-state index in [4.69, 9.17) is 27.6 Å². The third kappa shape index (κ3) is 3.66. The Labute approximate surface area is 174 Å². The van der Waals surface area contributed by atoms with Crippen LogP contribution in [0.1, 0.15) is 39.4 Å². The highest BCUT2D eigenvalue weighted by molar-refractivity contribution is 6.35.